The Kier molecular flexibility index (Phi) is 5.19. The molecular formula is C13H24O2. The number of rotatable bonds is 5. The molecule has 15 heavy (non-hydrogen) atoms. The Morgan fingerprint density at radius 3 is 1.80 bits per heavy atom. The molecule has 0 aliphatic rings. The van der Waals surface area contributed by atoms with Crippen molar-refractivity contribution in [1.82, 2.24) is 0 Å². The van der Waals surface area contributed by atoms with Crippen LogP contribution in [0.4, 0.5) is 0 Å². The summed E-state index contributed by atoms with van der Waals surface area (Å²) in [5.74, 6) is -0.212. The molecule has 0 aliphatic heterocycles. The molecule has 0 aliphatic carbocycles. The molecule has 0 amide bonds. The molecule has 88 valence electrons. The van der Waals surface area contributed by atoms with Gasteiger partial charge in [-0.05, 0) is 12.8 Å². The first-order chi connectivity index (χ1) is 6.75. The van der Waals surface area contributed by atoms with Crippen molar-refractivity contribution in [1.29, 1.82) is 0 Å². The van der Waals surface area contributed by atoms with E-state index < -0.39 is 11.3 Å². The van der Waals surface area contributed by atoms with Gasteiger partial charge in [-0.3, -0.25) is 9.59 Å². The first-order valence-corrected chi connectivity index (χ1v) is 5.83. The van der Waals surface area contributed by atoms with E-state index in [0.717, 1.165) is 6.42 Å². The summed E-state index contributed by atoms with van der Waals surface area (Å²) in [6.45, 7) is 11.4. The zero-order valence-corrected chi connectivity index (χ0v) is 10.9. The average Bonchev–Trinajstić information content (AvgIpc) is 2.15. The topological polar surface area (TPSA) is 34.1 Å². The van der Waals surface area contributed by atoms with Crippen LogP contribution in [0.2, 0.25) is 0 Å². The van der Waals surface area contributed by atoms with Gasteiger partial charge in [-0.2, -0.15) is 0 Å². The molecule has 0 bridgehead atoms. The average molecular weight is 212 g/mol. The largest absolute Gasteiger partial charge is 0.299 e. The van der Waals surface area contributed by atoms with Crippen molar-refractivity contribution >= 4 is 11.6 Å². The zero-order valence-electron chi connectivity index (χ0n) is 10.9. The Balaban J connectivity index is 4.78. The lowest BCUT2D eigenvalue weighted by Crippen LogP contribution is -2.35. The van der Waals surface area contributed by atoms with Gasteiger partial charge in [0.15, 0.2) is 0 Å². The van der Waals surface area contributed by atoms with Crippen LogP contribution < -0.4 is 0 Å². The van der Waals surface area contributed by atoms with Crippen LogP contribution in [0.5, 0.6) is 0 Å². The van der Waals surface area contributed by atoms with E-state index in [4.69, 9.17) is 0 Å². The zero-order chi connectivity index (χ0) is 12.2. The fraction of sp³-hybridized carbons (Fsp3) is 0.846. The summed E-state index contributed by atoms with van der Waals surface area (Å²) in [5.41, 5.74) is -0.413. The number of carbonyl (C=O) groups is 2. The molecule has 0 aromatic heterocycles. The number of carbonyl (C=O) groups excluding carboxylic acids is 2. The van der Waals surface area contributed by atoms with Crippen LogP contribution in [-0.4, -0.2) is 11.6 Å². The Hall–Kier alpha value is -0.660. The maximum Gasteiger partial charge on any atom is 0.148 e. The lowest BCUT2D eigenvalue weighted by molar-refractivity contribution is -0.139. The maximum atomic E-state index is 12.0. The van der Waals surface area contributed by atoms with Crippen LogP contribution in [0.25, 0.3) is 0 Å². The molecule has 2 atom stereocenters. The van der Waals surface area contributed by atoms with E-state index in [9.17, 15) is 9.59 Å². The van der Waals surface area contributed by atoms with Gasteiger partial charge < -0.3 is 0 Å². The van der Waals surface area contributed by atoms with Crippen LogP contribution in [0, 0.1) is 17.3 Å². The molecular weight excluding hydrogens is 188 g/mol. The van der Waals surface area contributed by atoms with Gasteiger partial charge in [0.2, 0.25) is 0 Å². The second kappa shape index (κ2) is 5.43. The van der Waals surface area contributed by atoms with Gasteiger partial charge in [0, 0.05) is 11.3 Å². The summed E-state index contributed by atoms with van der Waals surface area (Å²) in [4.78, 5) is 24.0. The Morgan fingerprint density at radius 1 is 1.07 bits per heavy atom. The van der Waals surface area contributed by atoms with Crippen LogP contribution >= 0.6 is 0 Å². The van der Waals surface area contributed by atoms with E-state index in [1.807, 2.05) is 41.5 Å². The van der Waals surface area contributed by atoms with Crippen LogP contribution in [0.3, 0.4) is 0 Å². The minimum absolute atomic E-state index is 0.00116. The Morgan fingerprint density at radius 2 is 1.53 bits per heavy atom. The van der Waals surface area contributed by atoms with Gasteiger partial charge in [0.05, 0.1) is 5.92 Å². The molecule has 0 radical (unpaired) electrons. The van der Waals surface area contributed by atoms with Gasteiger partial charge in [-0.1, -0.05) is 41.5 Å². The molecule has 0 saturated carbocycles. The van der Waals surface area contributed by atoms with Gasteiger partial charge in [-0.15, -0.1) is 0 Å². The quantitative estimate of drug-likeness (QED) is 0.656. The molecule has 2 heteroatoms. The first-order valence-electron chi connectivity index (χ1n) is 5.83. The third-order valence-corrected chi connectivity index (χ3v) is 2.91. The summed E-state index contributed by atoms with van der Waals surface area (Å²) in [6, 6.07) is 0. The van der Waals surface area contributed by atoms with Gasteiger partial charge in [-0.25, -0.2) is 0 Å². The number of hydrogen-bond acceptors (Lipinski definition) is 2. The summed E-state index contributed by atoms with van der Waals surface area (Å²) in [6.07, 6.45) is 1.44. The highest BCUT2D eigenvalue weighted by atomic mass is 16.2. The van der Waals surface area contributed by atoms with Crippen molar-refractivity contribution in [3.8, 4) is 0 Å². The third kappa shape index (κ3) is 3.77. The maximum absolute atomic E-state index is 12.0. The van der Waals surface area contributed by atoms with Crippen molar-refractivity contribution in [2.24, 2.45) is 17.3 Å². The second-order valence-corrected chi connectivity index (χ2v) is 5.29. The molecule has 2 nitrogen and oxygen atoms in total. The molecule has 0 rings (SSSR count). The lowest BCUT2D eigenvalue weighted by Gasteiger charge is -2.24. The second-order valence-electron chi connectivity index (χ2n) is 5.29. The van der Waals surface area contributed by atoms with E-state index >= 15 is 0 Å². The monoisotopic (exact) mass is 212 g/mol. The van der Waals surface area contributed by atoms with E-state index in [1.54, 1.807) is 0 Å². The highest BCUT2D eigenvalue weighted by molar-refractivity contribution is 6.05. The highest BCUT2D eigenvalue weighted by Gasteiger charge is 2.34. The van der Waals surface area contributed by atoms with Crippen molar-refractivity contribution in [3.05, 3.63) is 0 Å². The SMILES string of the molecule is CCC(C)C(=O)C(CC)C(=O)C(C)(C)C. The van der Waals surface area contributed by atoms with E-state index in [0.29, 0.717) is 6.42 Å². The van der Waals surface area contributed by atoms with Crippen LogP contribution in [-0.2, 0) is 9.59 Å². The smallest absolute Gasteiger partial charge is 0.148 e. The molecule has 0 aromatic carbocycles. The molecule has 0 fully saturated rings. The van der Waals surface area contributed by atoms with E-state index in [-0.39, 0.29) is 17.5 Å². The summed E-state index contributed by atoms with van der Waals surface area (Å²) in [5, 5.41) is 0. The molecule has 0 aromatic rings. The van der Waals surface area contributed by atoms with E-state index in [2.05, 4.69) is 0 Å². The third-order valence-electron chi connectivity index (χ3n) is 2.91. The van der Waals surface area contributed by atoms with Gasteiger partial charge in [0.25, 0.3) is 0 Å². The Bertz CT molecular complexity index is 235. The van der Waals surface area contributed by atoms with Crippen molar-refractivity contribution in [2.45, 2.75) is 54.4 Å². The first kappa shape index (κ1) is 14.3. The number of hydrogen-bond donors (Lipinski definition) is 0. The Labute approximate surface area is 93.4 Å². The van der Waals surface area contributed by atoms with Crippen LogP contribution in [0.1, 0.15) is 54.4 Å². The molecule has 0 N–H and O–H groups in total. The normalized spacial score (nSPS) is 15.9. The summed E-state index contributed by atoms with van der Waals surface area (Å²) >= 11 is 0. The molecule has 0 heterocycles. The standard InChI is InChI=1S/C13H24O2/c1-7-9(3)11(14)10(8-2)12(15)13(4,5)6/h9-10H,7-8H2,1-6H3. The highest BCUT2D eigenvalue weighted by Crippen LogP contribution is 2.25. The molecule has 0 saturated heterocycles. The fourth-order valence-electron chi connectivity index (χ4n) is 1.58. The molecule has 0 spiro atoms. The van der Waals surface area contributed by atoms with Gasteiger partial charge in [0.1, 0.15) is 11.6 Å². The van der Waals surface area contributed by atoms with Crippen molar-refractivity contribution in [2.75, 3.05) is 0 Å². The number of ketones is 2. The molecule has 2 unspecified atom stereocenters. The van der Waals surface area contributed by atoms with Crippen molar-refractivity contribution < 1.29 is 9.59 Å². The summed E-state index contributed by atoms with van der Waals surface area (Å²) in [7, 11) is 0. The summed E-state index contributed by atoms with van der Waals surface area (Å²) < 4.78 is 0. The predicted molar refractivity (Wildman–Crippen MR) is 62.7 cm³/mol. The van der Waals surface area contributed by atoms with Crippen molar-refractivity contribution in [3.63, 3.8) is 0 Å². The van der Waals surface area contributed by atoms with Gasteiger partial charge >= 0.3 is 0 Å². The number of Topliss-reactive ketones (excluding diaryl/α,β-unsaturated/α-hetero) is 2. The van der Waals surface area contributed by atoms with Crippen LogP contribution in [0.15, 0.2) is 0 Å². The minimum Gasteiger partial charge on any atom is -0.299 e. The van der Waals surface area contributed by atoms with E-state index in [1.165, 1.54) is 0 Å². The predicted octanol–water partition coefficient (Wildman–Crippen LogP) is 3.24. The fourth-order valence-corrected chi connectivity index (χ4v) is 1.58. The minimum atomic E-state index is -0.413. The lowest BCUT2D eigenvalue weighted by atomic mass is 9.77.